The largest absolute Gasteiger partial charge is 1.00 e. The van der Waals surface area contributed by atoms with Gasteiger partial charge in [-0.2, -0.15) is 0 Å². The standard InChI is InChI=1S/C11H15ClN2S.2C9H9BrClNOS.C7H6BrClS.C6H4BrClO.C6H4BrClS.C3H6ClNS.K.H2O/c1-15-11-8-9(2-3-10(11)12)14-6-4-13-5-7-14;1-12(2)9(13)14-8-5-6(10)3-4-7(8)11;1-12(2)9(14)13-8-5-6(10)3-4-7(8)11;1-10-7-4-5(8)2-3-6(7)9;2*7-4-1-2-5(8)6(9)3-4;1-5(2)3(4)6;;/h2-3,8,13H,4-7H2,1H3;2*3-5H,1-2H3;2-4H,1H3;2*1-3,9H;1-2H3;;1H2/q;;;;;;;+1;/p-1. The van der Waals surface area contributed by atoms with Crippen LogP contribution in [0.2, 0.25) is 30.1 Å². The van der Waals surface area contributed by atoms with E-state index in [-0.39, 0.29) is 67.8 Å². The maximum Gasteiger partial charge on any atom is 1.00 e. The predicted molar refractivity (Wildman–Crippen MR) is 371 cm³/mol. The average molecular weight is 1680 g/mol. The molecule has 0 atom stereocenters. The van der Waals surface area contributed by atoms with Gasteiger partial charge in [0.25, 0.3) is 10.4 Å². The van der Waals surface area contributed by atoms with Gasteiger partial charge in [-0.05, 0) is 158 Å². The smallest absolute Gasteiger partial charge is 0.870 e. The number of hydrogen-bond donors (Lipinski definition) is 3. The van der Waals surface area contributed by atoms with Crippen molar-refractivity contribution < 1.29 is 71.5 Å². The van der Waals surface area contributed by atoms with E-state index in [9.17, 15) is 4.79 Å². The second kappa shape index (κ2) is 45.6. The summed E-state index contributed by atoms with van der Waals surface area (Å²) in [6.07, 6.45) is 4.07. The van der Waals surface area contributed by atoms with E-state index in [4.69, 9.17) is 103 Å². The van der Waals surface area contributed by atoms with Gasteiger partial charge in [-0.3, -0.25) is 4.79 Å². The number of phenols is 1. The van der Waals surface area contributed by atoms with Gasteiger partial charge in [0.1, 0.15) is 11.5 Å². The van der Waals surface area contributed by atoms with E-state index in [1.165, 1.54) is 10.6 Å². The van der Waals surface area contributed by atoms with Crippen LogP contribution in [-0.4, -0.2) is 121 Å². The van der Waals surface area contributed by atoms with Gasteiger partial charge in [-0.15, -0.1) is 36.2 Å². The van der Waals surface area contributed by atoms with Gasteiger partial charge in [0, 0.05) is 116 Å². The molecule has 0 aliphatic carbocycles. The van der Waals surface area contributed by atoms with Crippen LogP contribution in [0, 0.1) is 0 Å². The Morgan fingerprint density at radius 1 is 0.595 bits per heavy atom. The third kappa shape index (κ3) is 35.7. The molecule has 0 bridgehead atoms. The molecule has 9 nitrogen and oxygen atoms in total. The Bertz CT molecular complexity index is 2720. The number of carbonyl (C=O) groups excluding carboxylic acids is 1. The van der Waals surface area contributed by atoms with Gasteiger partial charge >= 0.3 is 51.4 Å². The van der Waals surface area contributed by atoms with Crippen LogP contribution in [0.4, 0.5) is 10.5 Å². The van der Waals surface area contributed by atoms with Gasteiger partial charge in [0.05, 0.1) is 30.1 Å². The number of phenolic OH excluding ortho intramolecular Hbond substituents is 1. The van der Waals surface area contributed by atoms with Crippen molar-refractivity contribution in [2.24, 2.45) is 0 Å². The van der Waals surface area contributed by atoms with E-state index in [2.05, 4.69) is 133 Å². The number of rotatable bonds is 5. The van der Waals surface area contributed by atoms with Crippen LogP contribution >= 0.6 is 233 Å². The Balaban J connectivity index is 0. The summed E-state index contributed by atoms with van der Waals surface area (Å²) in [4.78, 5) is 22.5. The van der Waals surface area contributed by atoms with E-state index >= 15 is 0 Å². The fourth-order valence-corrected chi connectivity index (χ4v) is 10.5. The number of nitrogens with one attached hydrogen (secondary N) is 1. The van der Waals surface area contributed by atoms with Crippen molar-refractivity contribution >= 4 is 254 Å². The van der Waals surface area contributed by atoms with Gasteiger partial charge in [-0.1, -0.05) is 161 Å². The van der Waals surface area contributed by atoms with Crippen molar-refractivity contribution in [3.63, 3.8) is 0 Å². The van der Waals surface area contributed by atoms with Crippen molar-refractivity contribution in [2.45, 2.75) is 19.6 Å². The molecule has 3 N–H and O–H groups in total. The van der Waals surface area contributed by atoms with Crippen molar-refractivity contribution in [2.75, 3.05) is 85.9 Å². The molecule has 1 saturated heterocycles. The fraction of sp³-hybridized carbons (Fsp3) is 0.235. The number of halogens is 12. The minimum Gasteiger partial charge on any atom is -0.870 e. The van der Waals surface area contributed by atoms with Crippen LogP contribution in [0.3, 0.4) is 0 Å². The molecule has 1 aliphatic heterocycles. The number of thioether (sulfide) groups is 3. The molecule has 28 heteroatoms. The number of carbonyl (C=O) groups is 1. The number of amides is 1. The zero-order valence-electron chi connectivity index (χ0n) is 43.7. The summed E-state index contributed by atoms with van der Waals surface area (Å²) in [7, 11) is 10.6. The molecule has 6 aromatic rings. The number of nitrogens with zero attached hydrogens (tertiary/aromatic N) is 4. The Labute approximate surface area is 614 Å². The summed E-state index contributed by atoms with van der Waals surface area (Å²) >= 11 is 74.8. The molecule has 1 fully saturated rings. The first-order valence-electron chi connectivity index (χ1n) is 21.7. The number of ether oxygens (including phenoxy) is 1. The molecule has 0 saturated carbocycles. The normalized spacial score (nSPS) is 10.7. The Morgan fingerprint density at radius 3 is 1.39 bits per heavy atom. The van der Waals surface area contributed by atoms with Crippen LogP contribution in [0.5, 0.6) is 11.5 Å². The summed E-state index contributed by atoms with van der Waals surface area (Å²) in [6, 6.07) is 33.4. The zero-order chi connectivity index (χ0) is 58.5. The molecule has 1 heterocycles. The number of benzene rings is 6. The average Bonchev–Trinajstić information content (AvgIpc) is 3.38. The van der Waals surface area contributed by atoms with E-state index in [0.717, 1.165) is 89.9 Å². The second-order valence-electron chi connectivity index (χ2n) is 15.3. The van der Waals surface area contributed by atoms with E-state index in [0.29, 0.717) is 35.5 Å². The molecule has 0 unspecified atom stereocenters. The molecule has 6 aromatic carbocycles. The van der Waals surface area contributed by atoms with E-state index < -0.39 is 0 Å². The van der Waals surface area contributed by atoms with Gasteiger partial charge in [0.15, 0.2) is 4.45 Å². The first-order chi connectivity index (χ1) is 36.1. The maximum atomic E-state index is 11.4. The Morgan fingerprint density at radius 2 is 0.987 bits per heavy atom. The first-order valence-corrected chi connectivity index (χ1v) is 32.9. The summed E-state index contributed by atoms with van der Waals surface area (Å²) in [5.41, 5.74) is 1.28. The molecule has 79 heavy (non-hydrogen) atoms. The van der Waals surface area contributed by atoms with Crippen LogP contribution in [-0.2, 0) is 0 Å². The third-order valence-electron chi connectivity index (χ3n) is 8.81. The number of hydrogen-bond acceptors (Lipinski definition) is 12. The second-order valence-corrected chi connectivity index (χ2v) is 26.9. The van der Waals surface area contributed by atoms with Gasteiger partial charge in [0.2, 0.25) is 0 Å². The summed E-state index contributed by atoms with van der Waals surface area (Å²) in [6.45, 7) is 4.29. The van der Waals surface area contributed by atoms with Crippen LogP contribution in [0.1, 0.15) is 0 Å². The third-order valence-corrected chi connectivity index (χ3v) is 17.9. The molecule has 0 aromatic heterocycles. The summed E-state index contributed by atoms with van der Waals surface area (Å²) < 4.78 is 10.5. The zero-order valence-corrected chi connectivity index (χ0v) is 65.1. The van der Waals surface area contributed by atoms with Crippen LogP contribution < -0.4 is 66.3 Å². The van der Waals surface area contributed by atoms with Crippen molar-refractivity contribution in [3.8, 4) is 11.5 Å². The van der Waals surface area contributed by atoms with Crippen LogP contribution in [0.25, 0.3) is 0 Å². The number of piperazine rings is 1. The van der Waals surface area contributed by atoms with E-state index in [1.54, 1.807) is 104 Å². The molecule has 428 valence electrons. The monoisotopic (exact) mass is 1670 g/mol. The minimum atomic E-state index is -0.0370. The maximum absolute atomic E-state index is 11.4. The van der Waals surface area contributed by atoms with Crippen LogP contribution in [0.15, 0.2) is 151 Å². The summed E-state index contributed by atoms with van der Waals surface area (Å²) in [5.74, 6) is 0.658. The number of thiol groups is 1. The molecule has 7 rings (SSSR count). The molecular weight excluding hydrogens is 1630 g/mol. The first kappa shape index (κ1) is 82.4. The SMILES string of the molecule is CN(C)C(=O)Sc1cc(Br)ccc1Cl.CN(C)C(=S)Cl.CN(C)C(=S)Oc1cc(Br)ccc1Cl.CSc1cc(Br)ccc1Cl.CSc1cc(N2CCNCC2)ccc1Cl.Oc1cc(Br)ccc1Cl.Sc1cc(Br)ccc1Cl.[K+].[OH-]. The molecule has 0 radical (unpaired) electrons. The topological polar surface area (TPSA) is 102 Å². The van der Waals surface area contributed by atoms with Crippen molar-refractivity contribution in [1.82, 2.24) is 20.0 Å². The van der Waals surface area contributed by atoms with Gasteiger partial charge in [-0.25, -0.2) is 0 Å². The Kier molecular flexibility index (Phi) is 47.6. The Hall–Kier alpha value is 1.36. The molecule has 0 spiro atoms. The van der Waals surface area contributed by atoms with Crippen molar-refractivity contribution in [3.05, 3.63) is 162 Å². The molecule has 1 amide bonds. The van der Waals surface area contributed by atoms with Gasteiger partial charge < -0.3 is 40.2 Å². The number of aromatic hydroxyl groups is 1. The fourth-order valence-electron chi connectivity index (χ4n) is 4.85. The molecular formula is C51H54Br5Cl7KN5O4S6. The molecule has 1 aliphatic rings. The summed E-state index contributed by atoms with van der Waals surface area (Å²) in [5, 5.41) is 16.5. The number of thiocarbonyl (C=S) groups is 2. The van der Waals surface area contributed by atoms with E-state index in [1.807, 2.05) is 74.9 Å². The number of anilines is 1. The predicted octanol–water partition coefficient (Wildman–Crippen LogP) is 17.6. The van der Waals surface area contributed by atoms with Crippen molar-refractivity contribution in [1.29, 1.82) is 0 Å². The minimum absolute atomic E-state index is 0. The quantitative estimate of drug-likeness (QED) is 0.0382.